The fourth-order valence-electron chi connectivity index (χ4n) is 2.85. The van der Waals surface area contributed by atoms with Gasteiger partial charge in [-0.05, 0) is 26.6 Å². The smallest absolute Gasteiger partial charge is 0.407 e. The Kier molecular flexibility index (Phi) is 6.07. The van der Waals surface area contributed by atoms with Crippen molar-refractivity contribution in [3.8, 4) is 0 Å². The van der Waals surface area contributed by atoms with E-state index in [9.17, 15) is 19.7 Å². The van der Waals surface area contributed by atoms with E-state index in [0.717, 1.165) is 13.1 Å². The highest BCUT2D eigenvalue weighted by Gasteiger charge is 2.14. The number of oxazole rings is 1. The number of hydrogen-bond donors (Lipinski definition) is 1. The number of aromatic nitrogens is 3. The molecule has 0 aliphatic rings. The molecule has 0 saturated carbocycles. The number of carbonyl (C=O) groups is 1. The summed E-state index contributed by atoms with van der Waals surface area (Å²) in [6.45, 7) is 1.82. The largest absolute Gasteiger partial charge is 0.419 e. The van der Waals surface area contributed by atoms with Crippen LogP contribution in [0.4, 0.5) is 11.4 Å². The highest BCUT2D eigenvalue weighted by molar-refractivity contribution is 5.90. The van der Waals surface area contributed by atoms with Gasteiger partial charge in [-0.2, -0.15) is 5.10 Å². The molecule has 1 amide bonds. The summed E-state index contributed by atoms with van der Waals surface area (Å²) in [5.41, 5.74) is 1.08. The normalized spacial score (nSPS) is 11.3. The van der Waals surface area contributed by atoms with Gasteiger partial charge in [-0.1, -0.05) is 0 Å². The average molecular weight is 402 g/mol. The number of nitrogens with zero attached hydrogens (tertiary/aromatic N) is 5. The summed E-state index contributed by atoms with van der Waals surface area (Å²) in [6, 6.07) is 4.00. The number of non-ortho nitro benzene ring substituents is 1. The molecule has 3 rings (SSSR count). The minimum Gasteiger partial charge on any atom is -0.407 e. The van der Waals surface area contributed by atoms with Gasteiger partial charge < -0.3 is 14.6 Å². The first-order valence-corrected chi connectivity index (χ1v) is 9.08. The van der Waals surface area contributed by atoms with E-state index in [1.165, 1.54) is 22.8 Å². The number of nitro benzene ring substituents is 1. The summed E-state index contributed by atoms with van der Waals surface area (Å²) in [5.74, 6) is -0.795. The number of amides is 1. The molecule has 2 heterocycles. The lowest BCUT2D eigenvalue weighted by atomic mass is 10.2. The molecule has 2 aromatic heterocycles. The number of rotatable bonds is 9. The van der Waals surface area contributed by atoms with Crippen molar-refractivity contribution in [3.05, 3.63) is 51.3 Å². The number of carbonyl (C=O) groups excluding carboxylic acids is 1. The summed E-state index contributed by atoms with van der Waals surface area (Å²) >= 11 is 0. The van der Waals surface area contributed by atoms with Gasteiger partial charge >= 0.3 is 5.76 Å². The van der Waals surface area contributed by atoms with Gasteiger partial charge in [0.2, 0.25) is 5.91 Å². The van der Waals surface area contributed by atoms with Crippen LogP contribution >= 0.6 is 0 Å². The Labute approximate surface area is 165 Å². The third-order valence-corrected chi connectivity index (χ3v) is 4.34. The number of benzene rings is 1. The maximum absolute atomic E-state index is 12.1. The molecule has 0 bridgehead atoms. The van der Waals surface area contributed by atoms with Crippen LogP contribution in [-0.2, 0) is 17.9 Å². The zero-order valence-electron chi connectivity index (χ0n) is 16.2. The molecule has 11 heteroatoms. The van der Waals surface area contributed by atoms with Gasteiger partial charge in [0.05, 0.1) is 34.9 Å². The highest BCUT2D eigenvalue weighted by Crippen LogP contribution is 2.20. The molecule has 29 heavy (non-hydrogen) atoms. The minimum atomic E-state index is -0.608. The molecule has 1 aromatic carbocycles. The first kappa shape index (κ1) is 20.3. The van der Waals surface area contributed by atoms with E-state index in [-0.39, 0.29) is 30.1 Å². The lowest BCUT2D eigenvalue weighted by Gasteiger charge is -2.08. The number of fused-ring (bicyclic) bond motifs is 1. The van der Waals surface area contributed by atoms with Crippen LogP contribution in [-0.4, -0.2) is 50.7 Å². The van der Waals surface area contributed by atoms with Gasteiger partial charge in [-0.25, -0.2) is 4.79 Å². The second kappa shape index (κ2) is 8.69. The SMILES string of the molecule is CN(C)CCn1cc(NC(=O)CCCn2c(=O)oc3cc([N+](=O)[O-])ccc32)cn1. The van der Waals surface area contributed by atoms with Gasteiger partial charge in [0, 0.05) is 31.8 Å². The third-order valence-electron chi connectivity index (χ3n) is 4.34. The second-order valence-corrected chi connectivity index (χ2v) is 6.88. The molecule has 0 spiro atoms. The lowest BCUT2D eigenvalue weighted by Crippen LogP contribution is -2.18. The number of anilines is 1. The van der Waals surface area contributed by atoms with Crippen LogP contribution in [0.15, 0.2) is 39.8 Å². The quantitative estimate of drug-likeness (QED) is 0.426. The molecule has 0 unspecified atom stereocenters. The topological polar surface area (TPSA) is 128 Å². The first-order chi connectivity index (χ1) is 13.8. The summed E-state index contributed by atoms with van der Waals surface area (Å²) in [5, 5.41) is 17.8. The number of nitro groups is 1. The first-order valence-electron chi connectivity index (χ1n) is 9.08. The Morgan fingerprint density at radius 2 is 2.14 bits per heavy atom. The van der Waals surface area contributed by atoms with Crippen molar-refractivity contribution in [2.75, 3.05) is 26.0 Å². The van der Waals surface area contributed by atoms with Gasteiger partial charge in [-0.15, -0.1) is 0 Å². The van der Waals surface area contributed by atoms with E-state index < -0.39 is 10.7 Å². The van der Waals surface area contributed by atoms with E-state index in [2.05, 4.69) is 10.4 Å². The maximum Gasteiger partial charge on any atom is 0.419 e. The molecule has 3 aromatic rings. The van der Waals surface area contributed by atoms with Crippen molar-refractivity contribution in [2.45, 2.75) is 25.9 Å². The molecule has 0 fully saturated rings. The lowest BCUT2D eigenvalue weighted by molar-refractivity contribution is -0.384. The zero-order valence-corrected chi connectivity index (χ0v) is 16.2. The molecule has 1 N–H and O–H groups in total. The Morgan fingerprint density at radius 3 is 2.86 bits per heavy atom. The molecule has 11 nitrogen and oxygen atoms in total. The van der Waals surface area contributed by atoms with Gasteiger partial charge in [0.15, 0.2) is 5.58 Å². The average Bonchev–Trinajstić information content (AvgIpc) is 3.23. The van der Waals surface area contributed by atoms with Crippen LogP contribution in [0.25, 0.3) is 11.1 Å². The Bertz CT molecular complexity index is 1080. The fourth-order valence-corrected chi connectivity index (χ4v) is 2.85. The number of nitrogens with one attached hydrogen (secondary N) is 1. The zero-order chi connectivity index (χ0) is 21.0. The molecule has 0 aliphatic carbocycles. The molecule has 0 aliphatic heterocycles. The van der Waals surface area contributed by atoms with Crippen LogP contribution < -0.4 is 11.1 Å². The van der Waals surface area contributed by atoms with Crippen molar-refractivity contribution in [2.24, 2.45) is 0 Å². The maximum atomic E-state index is 12.1. The Hall–Kier alpha value is -3.47. The molecule has 154 valence electrons. The van der Waals surface area contributed by atoms with E-state index in [1.54, 1.807) is 17.1 Å². The van der Waals surface area contributed by atoms with Crippen molar-refractivity contribution >= 4 is 28.4 Å². The fraction of sp³-hybridized carbons (Fsp3) is 0.389. The van der Waals surface area contributed by atoms with Crippen LogP contribution in [0.5, 0.6) is 0 Å². The third kappa shape index (κ3) is 5.08. The van der Waals surface area contributed by atoms with Gasteiger partial charge in [0.25, 0.3) is 5.69 Å². The van der Waals surface area contributed by atoms with Crippen molar-refractivity contribution in [1.29, 1.82) is 0 Å². The Balaban J connectivity index is 1.54. The minimum absolute atomic E-state index is 0.149. The summed E-state index contributed by atoms with van der Waals surface area (Å²) in [7, 11) is 3.95. The number of aryl methyl sites for hydroxylation is 1. The predicted molar refractivity (Wildman–Crippen MR) is 106 cm³/mol. The van der Waals surface area contributed by atoms with Crippen molar-refractivity contribution in [1.82, 2.24) is 19.2 Å². The van der Waals surface area contributed by atoms with Gasteiger partial charge in [-0.3, -0.25) is 24.2 Å². The molecular formula is C18H22N6O5. The van der Waals surface area contributed by atoms with E-state index in [4.69, 9.17) is 4.42 Å². The highest BCUT2D eigenvalue weighted by atomic mass is 16.6. The van der Waals surface area contributed by atoms with Crippen LogP contribution in [0.2, 0.25) is 0 Å². The van der Waals surface area contributed by atoms with E-state index in [0.29, 0.717) is 17.6 Å². The monoisotopic (exact) mass is 402 g/mol. The summed E-state index contributed by atoms with van der Waals surface area (Å²) < 4.78 is 8.20. The molecule has 0 atom stereocenters. The van der Waals surface area contributed by atoms with E-state index >= 15 is 0 Å². The van der Waals surface area contributed by atoms with Crippen LogP contribution in [0.1, 0.15) is 12.8 Å². The summed E-state index contributed by atoms with van der Waals surface area (Å²) in [4.78, 5) is 36.5. The summed E-state index contributed by atoms with van der Waals surface area (Å²) in [6.07, 6.45) is 3.97. The number of hydrogen-bond acceptors (Lipinski definition) is 7. The molecular weight excluding hydrogens is 380 g/mol. The number of likely N-dealkylation sites (N-methyl/N-ethyl adjacent to an activating group) is 1. The van der Waals surface area contributed by atoms with E-state index in [1.807, 2.05) is 19.0 Å². The predicted octanol–water partition coefficient (Wildman–Crippen LogP) is 1.68. The van der Waals surface area contributed by atoms with Crippen LogP contribution in [0, 0.1) is 10.1 Å². The van der Waals surface area contributed by atoms with Crippen LogP contribution in [0.3, 0.4) is 0 Å². The Morgan fingerprint density at radius 1 is 1.34 bits per heavy atom. The van der Waals surface area contributed by atoms with Crippen molar-refractivity contribution < 1.29 is 14.1 Å². The molecule has 0 radical (unpaired) electrons. The standard InChI is InChI=1S/C18H22N6O5/c1-21(2)8-9-22-12-13(11-19-22)20-17(25)4-3-7-23-15-6-5-14(24(27)28)10-16(15)29-18(23)26/h5-6,10-12H,3-4,7-9H2,1-2H3,(H,20,25). The second-order valence-electron chi connectivity index (χ2n) is 6.88. The molecule has 0 saturated heterocycles. The van der Waals surface area contributed by atoms with Crippen molar-refractivity contribution in [3.63, 3.8) is 0 Å². The van der Waals surface area contributed by atoms with Gasteiger partial charge in [0.1, 0.15) is 0 Å².